The fourth-order valence-corrected chi connectivity index (χ4v) is 6.37. The van der Waals surface area contributed by atoms with Gasteiger partial charge in [0.05, 0.1) is 16.7 Å². The molecule has 5 aromatic carbocycles. The maximum absolute atomic E-state index is 11.5. The van der Waals surface area contributed by atoms with Gasteiger partial charge in [-0.1, -0.05) is 108 Å². The normalized spacial score (nSPS) is 12.4. The van der Waals surface area contributed by atoms with Crippen LogP contribution in [-0.4, -0.2) is 25.9 Å². The molecule has 2 aromatic heterocycles. The van der Waals surface area contributed by atoms with Crippen molar-refractivity contribution in [2.24, 2.45) is 4.99 Å². The smallest absolute Gasteiger partial charge is 0.147 e. The van der Waals surface area contributed by atoms with Crippen LogP contribution in [0.3, 0.4) is 0 Å². The van der Waals surface area contributed by atoms with Gasteiger partial charge in [-0.3, -0.25) is 14.5 Å². The van der Waals surface area contributed by atoms with E-state index >= 15 is 0 Å². The number of aromatic nitrogens is 3. The molecule has 1 N–H and O–H groups in total. The number of aromatic hydroxyl groups is 1. The fourth-order valence-electron chi connectivity index (χ4n) is 6.37. The first-order chi connectivity index (χ1) is 23.0. The molecule has 0 spiro atoms. The number of aliphatic imine (C=N–C) groups is 1. The summed E-state index contributed by atoms with van der Waals surface area (Å²) in [6, 6.07) is 37.4. The summed E-state index contributed by atoms with van der Waals surface area (Å²) in [5.41, 5.74) is 9.19. The summed E-state index contributed by atoms with van der Waals surface area (Å²) in [6.07, 6.45) is 5.54. The largest absolute Gasteiger partial charge is 0.507 e. The summed E-state index contributed by atoms with van der Waals surface area (Å²) in [4.78, 5) is 14.8. The maximum atomic E-state index is 11.5. The Balaban J connectivity index is 1.44. The van der Waals surface area contributed by atoms with Gasteiger partial charge in [0.2, 0.25) is 0 Å². The van der Waals surface area contributed by atoms with Crippen molar-refractivity contribution in [3.63, 3.8) is 0 Å². The maximum Gasteiger partial charge on any atom is 0.147 e. The molecule has 0 fully saturated rings. The van der Waals surface area contributed by atoms with Gasteiger partial charge in [0.25, 0.3) is 0 Å². The third-order valence-corrected chi connectivity index (χ3v) is 8.97. The molecule has 2 heterocycles. The minimum atomic E-state index is -0.231. The predicted molar refractivity (Wildman–Crippen MR) is 200 cm³/mol. The molecule has 0 aliphatic heterocycles. The molecule has 0 radical (unpaired) electrons. The molecule has 7 rings (SSSR count). The molecule has 0 aliphatic rings. The van der Waals surface area contributed by atoms with E-state index in [9.17, 15) is 5.11 Å². The van der Waals surface area contributed by atoms with Crippen LogP contribution < -0.4 is 0 Å². The molecule has 5 nitrogen and oxygen atoms in total. The van der Waals surface area contributed by atoms with Crippen LogP contribution >= 0.6 is 0 Å². The molecule has 5 heteroatoms. The lowest BCUT2D eigenvalue weighted by Crippen LogP contribution is -2.17. The number of benzene rings is 5. The standard InChI is InChI=1S/C43H40N4O/c1-42(2,3)30-24-29(40(48)36(25-30)43(4,5)6)27-45-37-20-11-10-17-35(37)41-46-39-34(33-18-12-14-28-26-44-23-22-32(28)33)19-13-21-38(39)47(41)31-15-8-7-9-16-31/h7-27,48H,1-6H3. The van der Waals surface area contributed by atoms with Crippen molar-refractivity contribution in [3.8, 4) is 34.0 Å². The number of phenolic OH excluding ortho intramolecular Hbond substituents is 1. The first-order valence-corrected chi connectivity index (χ1v) is 16.4. The van der Waals surface area contributed by atoms with Crippen molar-refractivity contribution in [1.29, 1.82) is 0 Å². The number of phenols is 1. The molecule has 0 unspecified atom stereocenters. The molecule has 0 amide bonds. The number of imidazole rings is 1. The van der Waals surface area contributed by atoms with Crippen molar-refractivity contribution in [2.75, 3.05) is 0 Å². The SMILES string of the molecule is CC(C)(C)c1cc(C=Nc2ccccc2-c2nc3c(-c4cccc5cnccc45)cccc3n2-c2ccccc2)c(O)c(C(C)(C)C)c1. The first-order valence-electron chi connectivity index (χ1n) is 16.4. The highest BCUT2D eigenvalue weighted by Crippen LogP contribution is 2.40. The van der Waals surface area contributed by atoms with Crippen LogP contribution in [0.2, 0.25) is 0 Å². The summed E-state index contributed by atoms with van der Waals surface area (Å²) in [7, 11) is 0. The summed E-state index contributed by atoms with van der Waals surface area (Å²) < 4.78 is 2.22. The summed E-state index contributed by atoms with van der Waals surface area (Å²) >= 11 is 0. The number of para-hydroxylation sites is 3. The van der Waals surface area contributed by atoms with Crippen LogP contribution in [0, 0.1) is 0 Å². The Hall–Kier alpha value is -5.55. The Bertz CT molecular complexity index is 2310. The topological polar surface area (TPSA) is 63.3 Å². The van der Waals surface area contributed by atoms with Crippen LogP contribution in [0.15, 0.2) is 127 Å². The zero-order chi connectivity index (χ0) is 33.6. The molecule has 238 valence electrons. The van der Waals surface area contributed by atoms with Crippen LogP contribution in [-0.2, 0) is 10.8 Å². The molecular weight excluding hydrogens is 589 g/mol. The molecule has 7 aromatic rings. The second-order valence-corrected chi connectivity index (χ2v) is 14.4. The van der Waals surface area contributed by atoms with Gasteiger partial charge in [0, 0.05) is 51.9 Å². The van der Waals surface area contributed by atoms with Crippen LogP contribution in [0.1, 0.15) is 58.2 Å². The minimum Gasteiger partial charge on any atom is -0.507 e. The van der Waals surface area contributed by atoms with E-state index in [4.69, 9.17) is 9.98 Å². The van der Waals surface area contributed by atoms with E-state index in [0.29, 0.717) is 5.56 Å². The summed E-state index contributed by atoms with van der Waals surface area (Å²) in [5, 5.41) is 13.7. The van der Waals surface area contributed by atoms with E-state index in [1.54, 1.807) is 6.21 Å². The van der Waals surface area contributed by atoms with E-state index in [-0.39, 0.29) is 16.6 Å². The van der Waals surface area contributed by atoms with Gasteiger partial charge < -0.3 is 5.11 Å². The second kappa shape index (κ2) is 11.9. The van der Waals surface area contributed by atoms with Gasteiger partial charge in [-0.2, -0.15) is 0 Å². The Morgan fingerprint density at radius 1 is 0.708 bits per heavy atom. The van der Waals surface area contributed by atoms with Crippen molar-refractivity contribution in [1.82, 2.24) is 14.5 Å². The monoisotopic (exact) mass is 628 g/mol. The van der Waals surface area contributed by atoms with Crippen molar-refractivity contribution in [2.45, 2.75) is 52.4 Å². The Labute approximate surface area is 282 Å². The van der Waals surface area contributed by atoms with Crippen molar-refractivity contribution < 1.29 is 5.11 Å². The predicted octanol–water partition coefficient (Wildman–Crippen LogP) is 11.0. The lowest BCUT2D eigenvalue weighted by Gasteiger charge is -2.27. The van der Waals surface area contributed by atoms with E-state index in [1.807, 2.05) is 48.8 Å². The zero-order valence-electron chi connectivity index (χ0n) is 28.4. The minimum absolute atomic E-state index is 0.0902. The average molecular weight is 629 g/mol. The average Bonchev–Trinajstić information content (AvgIpc) is 3.47. The van der Waals surface area contributed by atoms with Gasteiger partial charge >= 0.3 is 0 Å². The molecule has 0 aliphatic carbocycles. The Morgan fingerprint density at radius 3 is 2.19 bits per heavy atom. The lowest BCUT2D eigenvalue weighted by molar-refractivity contribution is 0.444. The van der Waals surface area contributed by atoms with Gasteiger partial charge in [-0.05, 0) is 69.8 Å². The van der Waals surface area contributed by atoms with E-state index in [0.717, 1.165) is 66.8 Å². The van der Waals surface area contributed by atoms with Gasteiger partial charge in [0.15, 0.2) is 0 Å². The number of fused-ring (bicyclic) bond motifs is 2. The number of hydrogen-bond acceptors (Lipinski definition) is 4. The molecule has 0 saturated carbocycles. The number of nitrogens with zero attached hydrogens (tertiary/aromatic N) is 4. The third kappa shape index (κ3) is 5.66. The summed E-state index contributed by atoms with van der Waals surface area (Å²) in [5.74, 6) is 1.06. The molecule has 0 atom stereocenters. The zero-order valence-corrected chi connectivity index (χ0v) is 28.4. The number of hydrogen-bond donors (Lipinski definition) is 1. The Kier molecular flexibility index (Phi) is 7.71. The van der Waals surface area contributed by atoms with E-state index in [1.165, 1.54) is 0 Å². The van der Waals surface area contributed by atoms with Crippen molar-refractivity contribution >= 4 is 33.7 Å². The van der Waals surface area contributed by atoms with E-state index < -0.39 is 0 Å². The Morgan fingerprint density at radius 2 is 1.42 bits per heavy atom. The molecule has 0 saturated heterocycles. The van der Waals surface area contributed by atoms with Crippen LogP contribution in [0.5, 0.6) is 5.75 Å². The molecule has 0 bridgehead atoms. The molecule has 48 heavy (non-hydrogen) atoms. The number of rotatable bonds is 5. The number of pyridine rings is 1. The lowest BCUT2D eigenvalue weighted by atomic mass is 9.79. The second-order valence-electron chi connectivity index (χ2n) is 14.4. The van der Waals surface area contributed by atoms with Gasteiger partial charge in [0.1, 0.15) is 11.6 Å². The van der Waals surface area contributed by atoms with Gasteiger partial charge in [-0.25, -0.2) is 4.98 Å². The highest BCUT2D eigenvalue weighted by Gasteiger charge is 2.25. The van der Waals surface area contributed by atoms with E-state index in [2.05, 4.69) is 124 Å². The highest BCUT2D eigenvalue weighted by molar-refractivity contribution is 6.04. The van der Waals surface area contributed by atoms with Crippen LogP contribution in [0.25, 0.3) is 50.0 Å². The first kappa shape index (κ1) is 31.1. The molecular formula is C43H40N4O. The highest BCUT2D eigenvalue weighted by atomic mass is 16.3. The van der Waals surface area contributed by atoms with Gasteiger partial charge in [-0.15, -0.1) is 0 Å². The fraction of sp³-hybridized carbons (Fsp3) is 0.186. The summed E-state index contributed by atoms with van der Waals surface area (Å²) in [6.45, 7) is 13.0. The quantitative estimate of drug-likeness (QED) is 0.193. The van der Waals surface area contributed by atoms with Crippen molar-refractivity contribution in [3.05, 3.63) is 138 Å². The van der Waals surface area contributed by atoms with Crippen LogP contribution in [0.4, 0.5) is 5.69 Å². The third-order valence-electron chi connectivity index (χ3n) is 8.97.